The molecule has 3 rings (SSSR count). The van der Waals surface area contributed by atoms with Crippen LogP contribution in [0, 0.1) is 0 Å². The number of halogens is 1. The van der Waals surface area contributed by atoms with E-state index in [0.29, 0.717) is 17.5 Å². The molecule has 1 heterocycles. The molecule has 170 valence electrons. The lowest BCUT2D eigenvalue weighted by molar-refractivity contribution is -0.0259. The van der Waals surface area contributed by atoms with Crippen LogP contribution in [0.25, 0.3) is 0 Å². The van der Waals surface area contributed by atoms with E-state index in [1.165, 1.54) is 12.1 Å². The molecule has 0 radical (unpaired) electrons. The van der Waals surface area contributed by atoms with Crippen molar-refractivity contribution in [2.45, 2.75) is 43.2 Å². The van der Waals surface area contributed by atoms with Crippen LogP contribution in [0.3, 0.4) is 0 Å². The molecule has 3 N–H and O–H groups in total. The summed E-state index contributed by atoms with van der Waals surface area (Å²) < 4.78 is 31.4. The molecule has 10 nitrogen and oxygen atoms in total. The van der Waals surface area contributed by atoms with E-state index < -0.39 is 31.5 Å². The summed E-state index contributed by atoms with van der Waals surface area (Å²) in [6, 6.07) is 2.39. The van der Waals surface area contributed by atoms with Crippen molar-refractivity contribution in [3.63, 3.8) is 0 Å². The van der Waals surface area contributed by atoms with E-state index in [-0.39, 0.29) is 34.2 Å². The topological polar surface area (TPSA) is 134 Å². The molecule has 0 saturated carbocycles. The maximum atomic E-state index is 12.6. The summed E-state index contributed by atoms with van der Waals surface area (Å²) in [5, 5.41) is 16.1. The van der Waals surface area contributed by atoms with Crippen molar-refractivity contribution in [2.75, 3.05) is 31.4 Å². The maximum Gasteiger partial charge on any atom is 0.269 e. The van der Waals surface area contributed by atoms with Crippen molar-refractivity contribution >= 4 is 38.7 Å². The SMILES string of the molecule is CCC(Nc1c(Nc2ccc(Cl)c(S(=O)(=O)N(C)OC)c2O)c(=O)c1=O)[C@H]1CCCO1. The van der Waals surface area contributed by atoms with Crippen LogP contribution in [-0.2, 0) is 19.6 Å². The number of benzene rings is 1. The van der Waals surface area contributed by atoms with Crippen molar-refractivity contribution in [3.8, 4) is 5.75 Å². The second kappa shape index (κ2) is 9.13. The molecule has 0 aromatic heterocycles. The number of hydrogen-bond acceptors (Lipinski definition) is 9. The minimum atomic E-state index is -4.28. The minimum absolute atomic E-state index is 0.0671. The predicted molar refractivity (Wildman–Crippen MR) is 116 cm³/mol. The molecule has 1 aliphatic heterocycles. The lowest BCUT2D eigenvalue weighted by atomic mass is 10.0. The zero-order valence-corrected chi connectivity index (χ0v) is 18.8. The number of anilines is 3. The van der Waals surface area contributed by atoms with E-state index in [1.807, 2.05) is 6.92 Å². The van der Waals surface area contributed by atoms with Gasteiger partial charge in [0.15, 0.2) is 5.75 Å². The second-order valence-corrected chi connectivity index (χ2v) is 9.39. The van der Waals surface area contributed by atoms with Gasteiger partial charge in [-0.1, -0.05) is 23.0 Å². The summed E-state index contributed by atoms with van der Waals surface area (Å²) in [6.45, 7) is 2.58. The molecule has 1 saturated heterocycles. The average molecular weight is 474 g/mol. The quantitative estimate of drug-likeness (QED) is 0.283. The molecule has 0 spiro atoms. The number of phenols is 1. The van der Waals surface area contributed by atoms with Gasteiger partial charge >= 0.3 is 0 Å². The van der Waals surface area contributed by atoms with Crippen molar-refractivity contribution in [1.82, 2.24) is 4.47 Å². The molecule has 0 amide bonds. The highest BCUT2D eigenvalue weighted by molar-refractivity contribution is 7.89. The number of rotatable bonds is 9. The van der Waals surface area contributed by atoms with E-state index >= 15 is 0 Å². The van der Waals surface area contributed by atoms with E-state index in [9.17, 15) is 23.1 Å². The minimum Gasteiger partial charge on any atom is -0.504 e. The van der Waals surface area contributed by atoms with E-state index in [2.05, 4.69) is 10.6 Å². The first-order valence-corrected chi connectivity index (χ1v) is 11.5. The van der Waals surface area contributed by atoms with Gasteiger partial charge in [0, 0.05) is 13.7 Å². The number of sulfonamides is 1. The Bertz CT molecular complexity index is 1140. The highest BCUT2D eigenvalue weighted by Crippen LogP contribution is 2.40. The van der Waals surface area contributed by atoms with Gasteiger partial charge in [-0.25, -0.2) is 8.42 Å². The van der Waals surface area contributed by atoms with Crippen LogP contribution < -0.4 is 21.5 Å². The molecule has 2 aromatic rings. The Labute approximate surface area is 184 Å². The van der Waals surface area contributed by atoms with Gasteiger partial charge < -0.3 is 20.5 Å². The van der Waals surface area contributed by atoms with E-state index in [1.54, 1.807) is 0 Å². The zero-order valence-electron chi connectivity index (χ0n) is 17.3. The molecule has 1 unspecified atom stereocenters. The monoisotopic (exact) mass is 473 g/mol. The number of nitrogens with zero attached hydrogens (tertiary/aromatic N) is 1. The predicted octanol–water partition coefficient (Wildman–Crippen LogP) is 1.94. The van der Waals surface area contributed by atoms with Gasteiger partial charge in [0.2, 0.25) is 0 Å². The summed E-state index contributed by atoms with van der Waals surface area (Å²) >= 11 is 6.00. The van der Waals surface area contributed by atoms with Crippen molar-refractivity contribution in [2.24, 2.45) is 0 Å². The fourth-order valence-corrected chi connectivity index (χ4v) is 5.03. The van der Waals surface area contributed by atoms with Gasteiger partial charge in [0.25, 0.3) is 20.9 Å². The lowest BCUT2D eigenvalue weighted by Crippen LogP contribution is -2.42. The molecular weight excluding hydrogens is 450 g/mol. The smallest absolute Gasteiger partial charge is 0.269 e. The van der Waals surface area contributed by atoms with Crippen molar-refractivity contribution in [1.29, 1.82) is 0 Å². The third-order valence-corrected chi connectivity index (χ3v) is 7.47. The highest BCUT2D eigenvalue weighted by Gasteiger charge is 2.32. The van der Waals surface area contributed by atoms with Crippen LogP contribution in [-0.4, -0.2) is 50.9 Å². The maximum absolute atomic E-state index is 12.6. The third kappa shape index (κ3) is 4.28. The fourth-order valence-electron chi connectivity index (χ4n) is 3.47. The van der Waals surface area contributed by atoms with Gasteiger partial charge in [-0.2, -0.15) is 0 Å². The van der Waals surface area contributed by atoms with Gasteiger partial charge in [-0.3, -0.25) is 14.4 Å². The number of hydrogen-bond donors (Lipinski definition) is 3. The Morgan fingerprint density at radius 1 is 1.32 bits per heavy atom. The number of nitrogens with one attached hydrogen (secondary N) is 2. The first kappa shape index (κ1) is 23.5. The standard InChI is InChI=1S/C19H24ClN3O7S/c1-4-11(13-6-5-9-30-13)21-14-15(18(26)17(14)25)22-12-8-7-10(20)19(16(12)24)31(27,28)23(2)29-3/h7-8,11,13,21-22,24H,4-6,9H2,1-3H3/t11?,13-/m1/s1. The number of hydroxylamine groups is 1. The van der Waals surface area contributed by atoms with E-state index in [4.69, 9.17) is 21.2 Å². The number of phenolic OH excluding ortho intramolecular Hbond substituents is 1. The number of aromatic hydroxyl groups is 1. The van der Waals surface area contributed by atoms with Crippen LogP contribution in [0.4, 0.5) is 17.1 Å². The molecule has 2 aromatic carbocycles. The summed E-state index contributed by atoms with van der Waals surface area (Å²) in [5.74, 6) is -0.707. The van der Waals surface area contributed by atoms with Crippen molar-refractivity contribution in [3.05, 3.63) is 37.6 Å². The van der Waals surface area contributed by atoms with Crippen LogP contribution in [0.5, 0.6) is 5.75 Å². The summed E-state index contributed by atoms with van der Waals surface area (Å²) in [6.07, 6.45) is 2.36. The molecular formula is C19H24ClN3O7S. The first-order chi connectivity index (χ1) is 14.6. The molecule has 2 atom stereocenters. The normalized spacial score (nSPS) is 17.9. The van der Waals surface area contributed by atoms with Crippen LogP contribution in [0.2, 0.25) is 5.02 Å². The average Bonchev–Trinajstić information content (AvgIpc) is 3.28. The molecule has 12 heteroatoms. The molecule has 0 bridgehead atoms. The zero-order chi connectivity index (χ0) is 22.9. The Morgan fingerprint density at radius 2 is 2.00 bits per heavy atom. The second-order valence-electron chi connectivity index (χ2n) is 7.11. The van der Waals surface area contributed by atoms with Gasteiger partial charge in [0.05, 0.1) is 30.0 Å². The largest absolute Gasteiger partial charge is 0.504 e. The summed E-state index contributed by atoms with van der Waals surface area (Å²) in [5.41, 5.74) is -1.58. The van der Waals surface area contributed by atoms with Crippen LogP contribution in [0.15, 0.2) is 26.6 Å². The van der Waals surface area contributed by atoms with E-state index in [0.717, 1.165) is 27.0 Å². The lowest BCUT2D eigenvalue weighted by Gasteiger charge is -2.26. The molecule has 0 aliphatic carbocycles. The van der Waals surface area contributed by atoms with Gasteiger partial charge in [-0.05, 0) is 31.4 Å². The third-order valence-electron chi connectivity index (χ3n) is 5.29. The van der Waals surface area contributed by atoms with Gasteiger partial charge in [0.1, 0.15) is 16.3 Å². The fraction of sp³-hybridized carbons (Fsp3) is 0.474. The summed E-state index contributed by atoms with van der Waals surface area (Å²) in [4.78, 5) is 28.5. The summed E-state index contributed by atoms with van der Waals surface area (Å²) in [7, 11) is -2.00. The first-order valence-electron chi connectivity index (χ1n) is 9.66. The Kier molecular flexibility index (Phi) is 6.92. The molecule has 1 fully saturated rings. The Balaban J connectivity index is 1.94. The Morgan fingerprint density at radius 3 is 2.58 bits per heavy atom. The Hall–Kier alpha value is -2.18. The molecule has 31 heavy (non-hydrogen) atoms. The molecule has 1 aliphatic rings. The van der Waals surface area contributed by atoms with Crippen LogP contribution >= 0.6 is 11.6 Å². The number of ether oxygens (including phenoxy) is 1. The van der Waals surface area contributed by atoms with Crippen LogP contribution in [0.1, 0.15) is 26.2 Å². The van der Waals surface area contributed by atoms with Crippen molar-refractivity contribution < 1.29 is 23.1 Å². The van der Waals surface area contributed by atoms with Gasteiger partial charge in [-0.15, -0.1) is 0 Å². The highest BCUT2D eigenvalue weighted by atomic mass is 35.5.